The van der Waals surface area contributed by atoms with Gasteiger partial charge in [-0.1, -0.05) is 67.3 Å². The average molecular weight is 455 g/mol. The zero-order valence-electron chi connectivity index (χ0n) is 19.7. The molecular formula is C29H30N2O3. The quantitative estimate of drug-likeness (QED) is 0.303. The highest BCUT2D eigenvalue weighted by atomic mass is 16.5. The Bertz CT molecular complexity index is 1320. The smallest absolute Gasteiger partial charge is 0.352 e. The Balaban J connectivity index is 1.63. The van der Waals surface area contributed by atoms with Gasteiger partial charge in [0.15, 0.2) is 0 Å². The summed E-state index contributed by atoms with van der Waals surface area (Å²) in [5, 5.41) is 14.6. The molecule has 0 aliphatic rings. The minimum Gasteiger partial charge on any atom is -0.496 e. The van der Waals surface area contributed by atoms with E-state index in [4.69, 9.17) is 4.74 Å². The van der Waals surface area contributed by atoms with Gasteiger partial charge in [0, 0.05) is 29.6 Å². The minimum absolute atomic E-state index is 0.332. The predicted octanol–water partition coefficient (Wildman–Crippen LogP) is 5.68. The Hall–Kier alpha value is -3.83. The van der Waals surface area contributed by atoms with Crippen molar-refractivity contribution in [2.45, 2.75) is 26.4 Å². The van der Waals surface area contributed by atoms with E-state index in [1.165, 1.54) is 0 Å². The van der Waals surface area contributed by atoms with Gasteiger partial charge in [0.1, 0.15) is 11.4 Å². The number of rotatable bonds is 10. The Morgan fingerprint density at radius 3 is 2.59 bits per heavy atom. The molecule has 0 unspecified atom stereocenters. The summed E-state index contributed by atoms with van der Waals surface area (Å²) in [6.45, 7) is 7.50. The highest BCUT2D eigenvalue weighted by Crippen LogP contribution is 2.29. The summed E-state index contributed by atoms with van der Waals surface area (Å²) in [7, 11) is 1.67. The molecule has 4 rings (SSSR count). The SMILES string of the molecule is C=Cc1ccc(Cn2c(C(=O)O)c(CNCCc3ccccc3OC)c3ccc(C)cc32)cc1. The number of carboxylic acids is 1. The predicted molar refractivity (Wildman–Crippen MR) is 138 cm³/mol. The van der Waals surface area contributed by atoms with Crippen LogP contribution in [0.15, 0.2) is 73.3 Å². The summed E-state index contributed by atoms with van der Waals surface area (Å²) in [5.41, 5.74) is 6.38. The van der Waals surface area contributed by atoms with Crippen molar-refractivity contribution in [3.05, 3.63) is 107 Å². The number of nitrogens with one attached hydrogen (secondary N) is 1. The topological polar surface area (TPSA) is 63.5 Å². The van der Waals surface area contributed by atoms with Crippen molar-refractivity contribution in [1.29, 1.82) is 0 Å². The van der Waals surface area contributed by atoms with Crippen LogP contribution in [0, 0.1) is 6.92 Å². The lowest BCUT2D eigenvalue weighted by Crippen LogP contribution is -2.19. The molecule has 0 bridgehead atoms. The molecule has 0 spiro atoms. The van der Waals surface area contributed by atoms with E-state index in [0.29, 0.717) is 25.3 Å². The molecule has 0 atom stereocenters. The maximum absolute atomic E-state index is 12.4. The van der Waals surface area contributed by atoms with Crippen LogP contribution in [-0.2, 0) is 19.5 Å². The lowest BCUT2D eigenvalue weighted by Gasteiger charge is -2.11. The molecule has 5 heteroatoms. The maximum Gasteiger partial charge on any atom is 0.352 e. The van der Waals surface area contributed by atoms with Gasteiger partial charge in [0.25, 0.3) is 0 Å². The van der Waals surface area contributed by atoms with Crippen LogP contribution < -0.4 is 10.1 Å². The Labute approximate surface area is 200 Å². The zero-order valence-corrected chi connectivity index (χ0v) is 19.7. The number of carboxylic acid groups (broad SMARTS) is 1. The average Bonchev–Trinajstić information content (AvgIpc) is 3.15. The van der Waals surface area contributed by atoms with Gasteiger partial charge < -0.3 is 19.7 Å². The zero-order chi connectivity index (χ0) is 24.1. The number of aromatic carboxylic acids is 1. The standard InChI is InChI=1S/C29H30N2O3/c1-4-21-10-12-22(13-11-21)19-31-26-17-20(2)9-14-24(26)25(28(31)29(32)33)18-30-16-15-23-7-5-6-8-27(23)34-3/h4-14,17,30H,1,15-16,18-19H2,2-3H3,(H,32,33). The number of hydrogen-bond donors (Lipinski definition) is 2. The number of nitrogens with zero attached hydrogens (tertiary/aromatic N) is 1. The third kappa shape index (κ3) is 4.90. The normalized spacial score (nSPS) is 11.0. The van der Waals surface area contributed by atoms with Gasteiger partial charge in [-0.3, -0.25) is 0 Å². The van der Waals surface area contributed by atoms with E-state index in [2.05, 4.69) is 24.0 Å². The molecule has 0 aliphatic carbocycles. The number of carbonyl (C=O) groups is 1. The number of methoxy groups -OCH3 is 1. The van der Waals surface area contributed by atoms with E-state index >= 15 is 0 Å². The second-order valence-corrected chi connectivity index (χ2v) is 8.42. The summed E-state index contributed by atoms with van der Waals surface area (Å²) in [6.07, 6.45) is 2.59. The van der Waals surface area contributed by atoms with Crippen LogP contribution in [0.4, 0.5) is 0 Å². The van der Waals surface area contributed by atoms with Crippen molar-refractivity contribution >= 4 is 22.9 Å². The summed E-state index contributed by atoms with van der Waals surface area (Å²) in [4.78, 5) is 12.4. The van der Waals surface area contributed by atoms with Crippen molar-refractivity contribution in [3.8, 4) is 5.75 Å². The van der Waals surface area contributed by atoms with Crippen LogP contribution in [0.1, 0.15) is 38.3 Å². The van der Waals surface area contributed by atoms with E-state index in [-0.39, 0.29) is 0 Å². The van der Waals surface area contributed by atoms with Gasteiger partial charge in [0.05, 0.1) is 7.11 Å². The molecular weight excluding hydrogens is 424 g/mol. The lowest BCUT2D eigenvalue weighted by atomic mass is 10.1. The fourth-order valence-corrected chi connectivity index (χ4v) is 4.41. The maximum atomic E-state index is 12.4. The summed E-state index contributed by atoms with van der Waals surface area (Å²) in [6, 6.07) is 22.1. The summed E-state index contributed by atoms with van der Waals surface area (Å²) in [5.74, 6) is -0.0526. The molecule has 5 nitrogen and oxygen atoms in total. The van der Waals surface area contributed by atoms with Crippen LogP contribution in [0.25, 0.3) is 17.0 Å². The first kappa shape index (κ1) is 23.3. The number of ether oxygens (including phenoxy) is 1. The third-order valence-corrected chi connectivity index (χ3v) is 6.15. The van der Waals surface area contributed by atoms with Crippen molar-refractivity contribution in [2.75, 3.05) is 13.7 Å². The van der Waals surface area contributed by atoms with Crippen molar-refractivity contribution in [2.24, 2.45) is 0 Å². The lowest BCUT2D eigenvalue weighted by molar-refractivity contribution is 0.0684. The first-order chi connectivity index (χ1) is 16.5. The van der Waals surface area contributed by atoms with Gasteiger partial charge in [0.2, 0.25) is 0 Å². The molecule has 4 aromatic rings. The van der Waals surface area contributed by atoms with Gasteiger partial charge in [-0.15, -0.1) is 0 Å². The first-order valence-corrected chi connectivity index (χ1v) is 11.4. The van der Waals surface area contributed by atoms with Crippen LogP contribution in [-0.4, -0.2) is 29.3 Å². The molecule has 174 valence electrons. The van der Waals surface area contributed by atoms with Gasteiger partial charge in [-0.25, -0.2) is 4.79 Å². The fourth-order valence-electron chi connectivity index (χ4n) is 4.41. The molecule has 1 aromatic heterocycles. The molecule has 34 heavy (non-hydrogen) atoms. The van der Waals surface area contributed by atoms with Crippen LogP contribution >= 0.6 is 0 Å². The molecule has 2 N–H and O–H groups in total. The molecule has 1 heterocycles. The first-order valence-electron chi connectivity index (χ1n) is 11.4. The van der Waals surface area contributed by atoms with Crippen LogP contribution in [0.3, 0.4) is 0 Å². The second-order valence-electron chi connectivity index (χ2n) is 8.42. The molecule has 0 saturated heterocycles. The van der Waals surface area contributed by atoms with Crippen molar-refractivity contribution in [1.82, 2.24) is 9.88 Å². The minimum atomic E-state index is -0.918. The summed E-state index contributed by atoms with van der Waals surface area (Å²) >= 11 is 0. The third-order valence-electron chi connectivity index (χ3n) is 6.15. The van der Waals surface area contributed by atoms with E-state index in [9.17, 15) is 9.90 Å². The number of para-hydroxylation sites is 1. The van der Waals surface area contributed by atoms with Crippen molar-refractivity contribution in [3.63, 3.8) is 0 Å². The Morgan fingerprint density at radius 1 is 1.12 bits per heavy atom. The molecule has 0 aliphatic heterocycles. The fraction of sp³-hybridized carbons (Fsp3) is 0.207. The van der Waals surface area contributed by atoms with E-state index in [1.54, 1.807) is 13.2 Å². The van der Waals surface area contributed by atoms with Gasteiger partial charge in [-0.2, -0.15) is 0 Å². The largest absolute Gasteiger partial charge is 0.496 e. The number of fused-ring (bicyclic) bond motifs is 1. The highest BCUT2D eigenvalue weighted by molar-refractivity contribution is 5.98. The Kier molecular flexibility index (Phi) is 7.14. The molecule has 0 radical (unpaired) electrons. The molecule has 0 amide bonds. The number of benzene rings is 3. The Morgan fingerprint density at radius 2 is 1.88 bits per heavy atom. The van der Waals surface area contributed by atoms with Gasteiger partial charge >= 0.3 is 5.97 Å². The van der Waals surface area contributed by atoms with E-state index in [1.807, 2.05) is 66.1 Å². The molecule has 0 fully saturated rings. The second kappa shape index (κ2) is 10.4. The number of aromatic nitrogens is 1. The summed E-state index contributed by atoms with van der Waals surface area (Å²) < 4.78 is 7.36. The van der Waals surface area contributed by atoms with Crippen LogP contribution in [0.5, 0.6) is 5.75 Å². The highest BCUT2D eigenvalue weighted by Gasteiger charge is 2.22. The molecule has 0 saturated carbocycles. The van der Waals surface area contributed by atoms with E-state index in [0.717, 1.165) is 50.9 Å². The van der Waals surface area contributed by atoms with Crippen molar-refractivity contribution < 1.29 is 14.6 Å². The number of hydrogen-bond acceptors (Lipinski definition) is 3. The van der Waals surface area contributed by atoms with Gasteiger partial charge in [-0.05, 0) is 54.3 Å². The van der Waals surface area contributed by atoms with Crippen LogP contribution in [0.2, 0.25) is 0 Å². The monoisotopic (exact) mass is 454 g/mol. The van der Waals surface area contributed by atoms with E-state index < -0.39 is 5.97 Å². The molecule has 3 aromatic carbocycles. The number of aryl methyl sites for hydroxylation is 1.